The lowest BCUT2D eigenvalue weighted by Gasteiger charge is -2.21. The fraction of sp³-hybridized carbons (Fsp3) is 0.167. The number of rotatable bonds is 15. The lowest BCUT2D eigenvalue weighted by Crippen LogP contribution is -2.40. The second-order valence-corrected chi connectivity index (χ2v) is 15.5. The minimum Gasteiger partial charge on any atom is -0.459 e. The van der Waals surface area contributed by atoms with Crippen molar-refractivity contribution in [2.75, 3.05) is 13.1 Å². The Balaban J connectivity index is 1.26. The standard InChI is InChI=1S/C36H35ClN4O6S2/c1-28-12-18-34(19-13-28)49(45,46)41(25-30-10-6-3-7-11-30)26-33-17-16-32(47-33)24-38-39-36(42)27-40(23-22-29-8-4-2-5-9-29)48(43,44)35-20-14-31(37)15-21-35/h2-21,24H,22-23,25-27H2,1H3,(H,39,42)/b38-24-. The van der Waals surface area contributed by atoms with Crippen LogP contribution < -0.4 is 5.43 Å². The molecule has 13 heteroatoms. The van der Waals surface area contributed by atoms with Crippen LogP contribution in [0.2, 0.25) is 5.02 Å². The van der Waals surface area contributed by atoms with E-state index in [9.17, 15) is 21.6 Å². The number of aryl methyl sites for hydroxylation is 1. The van der Waals surface area contributed by atoms with Crippen LogP contribution in [0.3, 0.4) is 0 Å². The van der Waals surface area contributed by atoms with Gasteiger partial charge in [0.05, 0.1) is 29.1 Å². The first kappa shape index (κ1) is 35.7. The molecule has 0 aliphatic rings. The lowest BCUT2D eigenvalue weighted by atomic mass is 10.1. The van der Waals surface area contributed by atoms with E-state index in [0.29, 0.717) is 17.2 Å². The number of furan rings is 1. The predicted molar refractivity (Wildman–Crippen MR) is 189 cm³/mol. The molecule has 1 amide bonds. The molecule has 0 saturated carbocycles. The first-order valence-electron chi connectivity index (χ1n) is 15.3. The number of hydrazone groups is 1. The maximum Gasteiger partial charge on any atom is 0.255 e. The number of carbonyl (C=O) groups is 1. The Kier molecular flexibility index (Phi) is 11.8. The highest BCUT2D eigenvalue weighted by Crippen LogP contribution is 2.23. The van der Waals surface area contributed by atoms with Crippen LogP contribution in [-0.2, 0) is 44.4 Å². The molecule has 5 aromatic rings. The Morgan fingerprint density at radius 2 is 1.31 bits per heavy atom. The number of carbonyl (C=O) groups excluding carboxylic acids is 1. The van der Waals surface area contributed by atoms with Crippen LogP contribution in [0.25, 0.3) is 0 Å². The number of sulfonamides is 2. The van der Waals surface area contributed by atoms with Crippen molar-refractivity contribution in [3.8, 4) is 0 Å². The normalized spacial score (nSPS) is 12.2. The van der Waals surface area contributed by atoms with Gasteiger partial charge in [-0.1, -0.05) is 90.0 Å². The zero-order valence-electron chi connectivity index (χ0n) is 26.6. The van der Waals surface area contributed by atoms with Crippen LogP contribution in [0.5, 0.6) is 0 Å². The van der Waals surface area contributed by atoms with Gasteiger partial charge < -0.3 is 4.42 Å². The highest BCUT2D eigenvalue weighted by molar-refractivity contribution is 7.89. The predicted octanol–water partition coefficient (Wildman–Crippen LogP) is 6.02. The van der Waals surface area contributed by atoms with Crippen molar-refractivity contribution in [2.24, 2.45) is 5.10 Å². The molecule has 254 valence electrons. The monoisotopic (exact) mass is 718 g/mol. The van der Waals surface area contributed by atoms with E-state index >= 15 is 0 Å². The molecule has 0 aliphatic carbocycles. The van der Waals surface area contributed by atoms with E-state index in [1.54, 1.807) is 36.4 Å². The fourth-order valence-corrected chi connectivity index (χ4v) is 7.81. The Morgan fingerprint density at radius 3 is 1.94 bits per heavy atom. The average molecular weight is 719 g/mol. The van der Waals surface area contributed by atoms with Crippen LogP contribution in [0.15, 0.2) is 141 Å². The summed E-state index contributed by atoms with van der Waals surface area (Å²) in [6.07, 6.45) is 1.65. The van der Waals surface area contributed by atoms with Gasteiger partial charge in [-0.05, 0) is 73.0 Å². The van der Waals surface area contributed by atoms with Crippen molar-refractivity contribution in [1.82, 2.24) is 14.0 Å². The van der Waals surface area contributed by atoms with Crippen molar-refractivity contribution in [2.45, 2.75) is 36.2 Å². The van der Waals surface area contributed by atoms with Crippen molar-refractivity contribution in [3.63, 3.8) is 0 Å². The molecule has 0 saturated heterocycles. The molecule has 1 aromatic heterocycles. The van der Waals surface area contributed by atoms with Gasteiger partial charge in [0.2, 0.25) is 20.0 Å². The van der Waals surface area contributed by atoms with E-state index in [-0.39, 0.29) is 35.2 Å². The molecule has 0 atom stereocenters. The van der Waals surface area contributed by atoms with Gasteiger partial charge in [0.15, 0.2) is 0 Å². The largest absolute Gasteiger partial charge is 0.459 e. The van der Waals surface area contributed by atoms with Crippen molar-refractivity contribution >= 4 is 43.8 Å². The van der Waals surface area contributed by atoms with Crippen LogP contribution in [0.1, 0.15) is 28.2 Å². The van der Waals surface area contributed by atoms with Gasteiger partial charge in [0.25, 0.3) is 5.91 Å². The third-order valence-electron chi connectivity index (χ3n) is 7.52. The summed E-state index contributed by atoms with van der Waals surface area (Å²) in [7, 11) is -7.92. The van der Waals surface area contributed by atoms with Crippen LogP contribution >= 0.6 is 11.6 Å². The van der Waals surface area contributed by atoms with E-state index in [0.717, 1.165) is 21.0 Å². The molecule has 0 bridgehead atoms. The van der Waals surface area contributed by atoms with Gasteiger partial charge in [-0.2, -0.15) is 13.7 Å². The number of nitrogens with zero attached hydrogens (tertiary/aromatic N) is 3. The van der Waals surface area contributed by atoms with Gasteiger partial charge >= 0.3 is 0 Å². The zero-order chi connectivity index (χ0) is 34.9. The molecule has 0 unspecified atom stereocenters. The second kappa shape index (κ2) is 16.2. The van der Waals surface area contributed by atoms with Crippen molar-refractivity contribution in [1.29, 1.82) is 0 Å². The van der Waals surface area contributed by atoms with E-state index in [4.69, 9.17) is 16.0 Å². The highest BCUT2D eigenvalue weighted by atomic mass is 35.5. The third kappa shape index (κ3) is 9.74. The quantitative estimate of drug-likeness (QED) is 0.104. The highest BCUT2D eigenvalue weighted by Gasteiger charge is 2.27. The summed E-state index contributed by atoms with van der Waals surface area (Å²) >= 11 is 5.96. The summed E-state index contributed by atoms with van der Waals surface area (Å²) in [6, 6.07) is 34.2. The van der Waals surface area contributed by atoms with Crippen molar-refractivity contribution < 1.29 is 26.0 Å². The van der Waals surface area contributed by atoms with Crippen LogP contribution in [-0.4, -0.2) is 50.7 Å². The maximum absolute atomic E-state index is 13.7. The SMILES string of the molecule is Cc1ccc(S(=O)(=O)N(Cc2ccccc2)Cc2ccc(/C=N\NC(=O)CN(CCc3ccccc3)S(=O)(=O)c3ccc(Cl)cc3)o2)cc1. The molecule has 5 rings (SSSR count). The molecule has 49 heavy (non-hydrogen) atoms. The van der Waals surface area contributed by atoms with Gasteiger partial charge in [-0.3, -0.25) is 4.79 Å². The van der Waals surface area contributed by atoms with E-state index < -0.39 is 32.5 Å². The number of benzene rings is 4. The summed E-state index contributed by atoms with van der Waals surface area (Å²) in [4.78, 5) is 13.1. The molecule has 10 nitrogen and oxygen atoms in total. The molecule has 0 spiro atoms. The van der Waals surface area contributed by atoms with Gasteiger partial charge in [-0.15, -0.1) is 0 Å². The zero-order valence-corrected chi connectivity index (χ0v) is 29.0. The Labute approximate surface area is 291 Å². The summed E-state index contributed by atoms with van der Waals surface area (Å²) in [5.41, 5.74) is 5.03. The number of nitrogens with one attached hydrogen (secondary N) is 1. The van der Waals surface area contributed by atoms with E-state index in [2.05, 4.69) is 10.5 Å². The number of hydrogen-bond acceptors (Lipinski definition) is 7. The number of hydrogen-bond donors (Lipinski definition) is 1. The topological polar surface area (TPSA) is 129 Å². The molecule has 0 radical (unpaired) electrons. The summed E-state index contributed by atoms with van der Waals surface area (Å²) in [5, 5.41) is 4.34. The molecule has 0 aliphatic heterocycles. The number of amides is 1. The van der Waals surface area contributed by atoms with Crippen LogP contribution in [0.4, 0.5) is 0 Å². The minimum atomic E-state index is -4.04. The Morgan fingerprint density at radius 1 is 0.735 bits per heavy atom. The molecular weight excluding hydrogens is 684 g/mol. The summed E-state index contributed by atoms with van der Waals surface area (Å²) in [6.45, 7) is 1.53. The van der Waals surface area contributed by atoms with Gasteiger partial charge in [-0.25, -0.2) is 22.3 Å². The molecule has 0 fully saturated rings. The third-order valence-corrected chi connectivity index (χ3v) is 11.4. The summed E-state index contributed by atoms with van der Waals surface area (Å²) < 4.78 is 62.5. The maximum atomic E-state index is 13.7. The first-order chi connectivity index (χ1) is 23.5. The molecular formula is C36H35ClN4O6S2. The van der Waals surface area contributed by atoms with E-state index in [1.165, 1.54) is 34.8 Å². The lowest BCUT2D eigenvalue weighted by molar-refractivity contribution is -0.121. The van der Waals surface area contributed by atoms with E-state index in [1.807, 2.05) is 67.6 Å². The minimum absolute atomic E-state index is 0.00933. The molecule has 1 N–H and O–H groups in total. The Bertz CT molecular complexity index is 2090. The molecule has 4 aromatic carbocycles. The smallest absolute Gasteiger partial charge is 0.255 e. The average Bonchev–Trinajstić information content (AvgIpc) is 3.54. The van der Waals surface area contributed by atoms with Gasteiger partial charge in [0, 0.05) is 18.1 Å². The summed E-state index contributed by atoms with van der Waals surface area (Å²) in [5.74, 6) is -0.0372. The number of halogens is 1. The van der Waals surface area contributed by atoms with Crippen molar-refractivity contribution in [3.05, 3.63) is 155 Å². The van der Waals surface area contributed by atoms with Gasteiger partial charge in [0.1, 0.15) is 11.5 Å². The van der Waals surface area contributed by atoms with Crippen LogP contribution in [0, 0.1) is 6.92 Å². The fourth-order valence-electron chi connectivity index (χ4n) is 4.90. The molecule has 1 heterocycles. The second-order valence-electron chi connectivity index (χ2n) is 11.2. The first-order valence-corrected chi connectivity index (χ1v) is 18.6. The Hall–Kier alpha value is -4.59.